The maximum atomic E-state index is 3.46. The number of hydrogen-bond acceptors (Lipinski definition) is 2. The Kier molecular flexibility index (Phi) is 10.6. The minimum Gasteiger partial charge on any atom is -0.316 e. The van der Waals surface area contributed by atoms with E-state index in [2.05, 4.69) is 37.8 Å². The average molecular weight is 203 g/mol. The molecule has 0 heterocycles. The Morgan fingerprint density at radius 1 is 1.15 bits per heavy atom. The molecular weight excluding hydrogens is 178 g/mol. The number of hydrogen-bond donors (Lipinski definition) is 1. The molecule has 2 heteroatoms. The van der Waals surface area contributed by atoms with Crippen LogP contribution in [-0.4, -0.2) is 24.6 Å². The van der Waals surface area contributed by atoms with Gasteiger partial charge in [-0.2, -0.15) is 11.8 Å². The van der Waals surface area contributed by atoms with Gasteiger partial charge in [0.25, 0.3) is 0 Å². The molecule has 0 fully saturated rings. The van der Waals surface area contributed by atoms with Crippen molar-refractivity contribution in [1.29, 1.82) is 0 Å². The molecule has 0 aliphatic rings. The van der Waals surface area contributed by atoms with Crippen LogP contribution in [0.4, 0.5) is 0 Å². The molecule has 0 amide bonds. The van der Waals surface area contributed by atoms with Crippen LogP contribution in [0.3, 0.4) is 0 Å². The molecule has 0 aromatic rings. The molecule has 0 rings (SSSR count). The molecule has 0 aliphatic carbocycles. The minimum absolute atomic E-state index is 0.785. The van der Waals surface area contributed by atoms with Crippen molar-refractivity contribution < 1.29 is 0 Å². The van der Waals surface area contributed by atoms with Crippen molar-refractivity contribution in [2.75, 3.05) is 24.6 Å². The van der Waals surface area contributed by atoms with E-state index in [-0.39, 0.29) is 0 Å². The lowest BCUT2D eigenvalue weighted by Crippen LogP contribution is -2.21. The first kappa shape index (κ1) is 13.3. The zero-order chi connectivity index (χ0) is 9.94. The number of thioether (sulfide) groups is 1. The standard InChI is InChI=1S/C11H25NS/c1-4-5-8-13-9-6-7-12-10-11(2)3/h11-12H,4-10H2,1-3H3. The van der Waals surface area contributed by atoms with Gasteiger partial charge in [-0.3, -0.25) is 0 Å². The van der Waals surface area contributed by atoms with Crippen molar-refractivity contribution >= 4 is 11.8 Å². The van der Waals surface area contributed by atoms with Gasteiger partial charge in [0.05, 0.1) is 0 Å². The fourth-order valence-corrected chi connectivity index (χ4v) is 2.08. The Morgan fingerprint density at radius 3 is 2.46 bits per heavy atom. The van der Waals surface area contributed by atoms with Gasteiger partial charge in [0, 0.05) is 0 Å². The van der Waals surface area contributed by atoms with E-state index in [0.29, 0.717) is 0 Å². The third-order valence-electron chi connectivity index (χ3n) is 1.84. The van der Waals surface area contributed by atoms with Crippen molar-refractivity contribution in [3.8, 4) is 0 Å². The van der Waals surface area contributed by atoms with Gasteiger partial charge in [0.15, 0.2) is 0 Å². The van der Waals surface area contributed by atoms with Gasteiger partial charge in [0.2, 0.25) is 0 Å². The van der Waals surface area contributed by atoms with Crippen LogP contribution in [0.25, 0.3) is 0 Å². The first-order chi connectivity index (χ1) is 6.27. The molecule has 80 valence electrons. The van der Waals surface area contributed by atoms with Crippen LogP contribution in [0.1, 0.15) is 40.0 Å². The van der Waals surface area contributed by atoms with Crippen LogP contribution in [0, 0.1) is 5.92 Å². The predicted octanol–water partition coefficient (Wildman–Crippen LogP) is 3.16. The molecule has 0 bridgehead atoms. The van der Waals surface area contributed by atoms with Crippen LogP contribution in [-0.2, 0) is 0 Å². The zero-order valence-electron chi connectivity index (χ0n) is 9.44. The molecule has 0 aromatic heterocycles. The molecule has 0 unspecified atom stereocenters. The minimum atomic E-state index is 0.785. The maximum Gasteiger partial charge on any atom is -0.00258 e. The number of nitrogens with one attached hydrogen (secondary N) is 1. The van der Waals surface area contributed by atoms with Gasteiger partial charge in [-0.15, -0.1) is 0 Å². The fourth-order valence-electron chi connectivity index (χ4n) is 1.04. The van der Waals surface area contributed by atoms with E-state index >= 15 is 0 Å². The molecule has 0 atom stereocenters. The number of rotatable bonds is 9. The summed E-state index contributed by atoms with van der Waals surface area (Å²) in [6.07, 6.45) is 4.03. The lowest BCUT2D eigenvalue weighted by molar-refractivity contribution is 0.552. The van der Waals surface area contributed by atoms with Gasteiger partial charge < -0.3 is 5.32 Å². The topological polar surface area (TPSA) is 12.0 Å². The molecule has 0 spiro atoms. The largest absolute Gasteiger partial charge is 0.316 e. The monoisotopic (exact) mass is 203 g/mol. The van der Waals surface area contributed by atoms with E-state index in [9.17, 15) is 0 Å². The van der Waals surface area contributed by atoms with E-state index in [1.165, 1.54) is 43.9 Å². The summed E-state index contributed by atoms with van der Waals surface area (Å²) in [5, 5.41) is 3.46. The zero-order valence-corrected chi connectivity index (χ0v) is 10.3. The second kappa shape index (κ2) is 10.4. The average Bonchev–Trinajstić information content (AvgIpc) is 2.09. The third kappa shape index (κ3) is 12.3. The smallest absolute Gasteiger partial charge is 0.00258 e. The Bertz CT molecular complexity index is 94.1. The first-order valence-corrected chi connectivity index (χ1v) is 6.71. The summed E-state index contributed by atoms with van der Waals surface area (Å²) in [6, 6.07) is 0. The quantitative estimate of drug-likeness (QED) is 0.578. The second-order valence-corrected chi connectivity index (χ2v) is 5.14. The summed E-state index contributed by atoms with van der Waals surface area (Å²) in [5.41, 5.74) is 0. The normalized spacial score (nSPS) is 11.1. The summed E-state index contributed by atoms with van der Waals surface area (Å²) in [7, 11) is 0. The summed E-state index contributed by atoms with van der Waals surface area (Å²) in [4.78, 5) is 0. The summed E-state index contributed by atoms with van der Waals surface area (Å²) in [6.45, 7) is 9.12. The van der Waals surface area contributed by atoms with E-state index in [1.54, 1.807) is 0 Å². The van der Waals surface area contributed by atoms with E-state index < -0.39 is 0 Å². The predicted molar refractivity (Wildman–Crippen MR) is 64.6 cm³/mol. The van der Waals surface area contributed by atoms with Gasteiger partial charge in [-0.1, -0.05) is 27.2 Å². The second-order valence-electron chi connectivity index (χ2n) is 3.92. The highest BCUT2D eigenvalue weighted by molar-refractivity contribution is 7.99. The Labute approximate surface area is 88.1 Å². The highest BCUT2D eigenvalue weighted by Crippen LogP contribution is 2.05. The molecule has 0 aliphatic heterocycles. The Hall–Kier alpha value is 0.310. The first-order valence-electron chi connectivity index (χ1n) is 5.55. The molecule has 1 N–H and O–H groups in total. The van der Waals surface area contributed by atoms with Gasteiger partial charge in [-0.25, -0.2) is 0 Å². The highest BCUT2D eigenvalue weighted by atomic mass is 32.2. The summed E-state index contributed by atoms with van der Waals surface area (Å²) in [5.74, 6) is 3.46. The molecule has 0 saturated heterocycles. The maximum absolute atomic E-state index is 3.46. The van der Waals surface area contributed by atoms with Crippen LogP contribution >= 0.6 is 11.8 Å². The SMILES string of the molecule is CCCCSCCCNCC(C)C. The molecule has 13 heavy (non-hydrogen) atoms. The van der Waals surface area contributed by atoms with Crippen LogP contribution in [0.15, 0.2) is 0 Å². The van der Waals surface area contributed by atoms with Crippen molar-refractivity contribution in [3.05, 3.63) is 0 Å². The molecule has 0 aromatic carbocycles. The lowest BCUT2D eigenvalue weighted by atomic mass is 10.2. The van der Waals surface area contributed by atoms with Crippen molar-refractivity contribution in [2.45, 2.75) is 40.0 Å². The molecule has 1 nitrogen and oxygen atoms in total. The highest BCUT2D eigenvalue weighted by Gasteiger charge is 1.92. The van der Waals surface area contributed by atoms with Crippen molar-refractivity contribution in [1.82, 2.24) is 5.32 Å². The van der Waals surface area contributed by atoms with Gasteiger partial charge >= 0.3 is 0 Å². The van der Waals surface area contributed by atoms with Crippen LogP contribution < -0.4 is 5.32 Å². The van der Waals surface area contributed by atoms with E-state index in [0.717, 1.165) is 5.92 Å². The third-order valence-corrected chi connectivity index (χ3v) is 2.99. The Morgan fingerprint density at radius 2 is 1.85 bits per heavy atom. The number of unbranched alkanes of at least 4 members (excludes halogenated alkanes) is 1. The summed E-state index contributed by atoms with van der Waals surface area (Å²) >= 11 is 2.10. The molecule has 0 saturated carbocycles. The van der Waals surface area contributed by atoms with E-state index in [1.807, 2.05) is 0 Å². The van der Waals surface area contributed by atoms with Gasteiger partial charge in [-0.05, 0) is 43.4 Å². The molecular formula is C11H25NS. The van der Waals surface area contributed by atoms with Crippen molar-refractivity contribution in [2.24, 2.45) is 5.92 Å². The fraction of sp³-hybridized carbons (Fsp3) is 1.00. The van der Waals surface area contributed by atoms with Gasteiger partial charge in [0.1, 0.15) is 0 Å². The van der Waals surface area contributed by atoms with Crippen molar-refractivity contribution in [3.63, 3.8) is 0 Å². The van der Waals surface area contributed by atoms with Crippen LogP contribution in [0.5, 0.6) is 0 Å². The lowest BCUT2D eigenvalue weighted by Gasteiger charge is -2.06. The molecule has 0 radical (unpaired) electrons. The Balaban J connectivity index is 2.84. The summed E-state index contributed by atoms with van der Waals surface area (Å²) < 4.78 is 0. The van der Waals surface area contributed by atoms with Crippen LogP contribution in [0.2, 0.25) is 0 Å². The van der Waals surface area contributed by atoms with E-state index in [4.69, 9.17) is 0 Å².